The third-order valence-corrected chi connectivity index (χ3v) is 4.65. The highest BCUT2D eigenvalue weighted by atomic mass is 32.2. The lowest BCUT2D eigenvalue weighted by Crippen LogP contribution is -2.20. The van der Waals surface area contributed by atoms with E-state index in [0.717, 1.165) is 34.4 Å². The number of thioether (sulfide) groups is 1. The van der Waals surface area contributed by atoms with E-state index in [1.807, 2.05) is 12.1 Å². The Morgan fingerprint density at radius 3 is 2.90 bits per heavy atom. The van der Waals surface area contributed by atoms with Crippen LogP contribution >= 0.6 is 11.8 Å². The lowest BCUT2D eigenvalue weighted by Gasteiger charge is -2.18. The fourth-order valence-electron chi connectivity index (χ4n) is 2.76. The minimum atomic E-state index is 0.750. The molecule has 4 rings (SSSR count). The maximum Gasteiger partial charge on any atom is 0.169 e. The van der Waals surface area contributed by atoms with E-state index in [9.17, 15) is 5.26 Å². The van der Waals surface area contributed by atoms with Crippen molar-refractivity contribution in [3.8, 4) is 6.07 Å². The van der Waals surface area contributed by atoms with Gasteiger partial charge in [-0.2, -0.15) is 5.26 Å². The molecule has 2 aliphatic heterocycles. The number of aliphatic imine (C=N–C) groups is 1. The molecule has 0 aliphatic carbocycles. The smallest absolute Gasteiger partial charge is 0.169 e. The maximum atomic E-state index is 9.41. The van der Waals surface area contributed by atoms with E-state index in [1.165, 1.54) is 22.5 Å². The van der Waals surface area contributed by atoms with Crippen LogP contribution in [0.2, 0.25) is 0 Å². The van der Waals surface area contributed by atoms with E-state index in [-0.39, 0.29) is 0 Å². The van der Waals surface area contributed by atoms with Crippen LogP contribution in [0.3, 0.4) is 0 Å². The van der Waals surface area contributed by atoms with Crippen LogP contribution in [-0.2, 0) is 0 Å². The first-order valence-corrected chi connectivity index (χ1v) is 7.32. The molecule has 2 aliphatic rings. The number of benzene rings is 2. The molecule has 0 aromatic heterocycles. The average Bonchev–Trinajstić information content (AvgIpc) is 3.06. The summed E-state index contributed by atoms with van der Waals surface area (Å²) in [7, 11) is 0. The Morgan fingerprint density at radius 2 is 2.00 bits per heavy atom. The van der Waals surface area contributed by atoms with Gasteiger partial charge in [-0.05, 0) is 22.5 Å². The zero-order valence-corrected chi connectivity index (χ0v) is 11.5. The summed E-state index contributed by atoms with van der Waals surface area (Å²) >= 11 is 1.49. The monoisotopic (exact) mass is 277 g/mol. The number of hydrogen-bond acceptors (Lipinski definition) is 4. The SMILES string of the molecule is N#CC1=C(c2cccc3ccccc23)N2CCN=C2S1. The third-order valence-electron chi connectivity index (χ3n) is 3.63. The summed E-state index contributed by atoms with van der Waals surface area (Å²) in [5.41, 5.74) is 2.14. The number of rotatable bonds is 1. The van der Waals surface area contributed by atoms with Gasteiger partial charge in [-0.15, -0.1) is 0 Å². The second kappa shape index (κ2) is 4.39. The third kappa shape index (κ3) is 1.57. The first kappa shape index (κ1) is 11.6. The van der Waals surface area contributed by atoms with Crippen LogP contribution in [-0.4, -0.2) is 23.2 Å². The van der Waals surface area contributed by atoms with Gasteiger partial charge in [0, 0.05) is 12.1 Å². The van der Waals surface area contributed by atoms with E-state index in [1.54, 1.807) is 0 Å². The van der Waals surface area contributed by atoms with Crippen molar-refractivity contribution in [1.82, 2.24) is 4.90 Å². The molecule has 20 heavy (non-hydrogen) atoms. The van der Waals surface area contributed by atoms with Gasteiger partial charge < -0.3 is 4.90 Å². The number of hydrogen-bond donors (Lipinski definition) is 0. The molecular weight excluding hydrogens is 266 g/mol. The molecule has 0 bridgehead atoms. The second-order valence-electron chi connectivity index (χ2n) is 4.73. The maximum absolute atomic E-state index is 9.41. The van der Waals surface area contributed by atoms with Gasteiger partial charge in [0.2, 0.25) is 0 Å². The lowest BCUT2D eigenvalue weighted by molar-refractivity contribution is 0.649. The van der Waals surface area contributed by atoms with Crippen molar-refractivity contribution in [1.29, 1.82) is 5.26 Å². The highest BCUT2D eigenvalue weighted by molar-refractivity contribution is 8.18. The second-order valence-corrected chi connectivity index (χ2v) is 5.71. The van der Waals surface area contributed by atoms with Crippen molar-refractivity contribution in [2.24, 2.45) is 4.99 Å². The van der Waals surface area contributed by atoms with Crippen molar-refractivity contribution in [3.05, 3.63) is 52.9 Å². The minimum absolute atomic E-state index is 0.750. The highest BCUT2D eigenvalue weighted by Gasteiger charge is 2.33. The summed E-state index contributed by atoms with van der Waals surface area (Å²) in [6, 6.07) is 16.9. The van der Waals surface area contributed by atoms with Crippen LogP contribution in [0.5, 0.6) is 0 Å². The van der Waals surface area contributed by atoms with Crippen molar-refractivity contribution in [2.45, 2.75) is 0 Å². The van der Waals surface area contributed by atoms with Gasteiger partial charge in [0.25, 0.3) is 0 Å². The summed E-state index contributed by atoms with van der Waals surface area (Å²) in [5.74, 6) is 0. The predicted octanol–water partition coefficient (Wildman–Crippen LogP) is 3.45. The molecule has 96 valence electrons. The van der Waals surface area contributed by atoms with Gasteiger partial charge in [-0.25, -0.2) is 0 Å². The molecule has 2 aromatic rings. The Kier molecular flexibility index (Phi) is 2.54. The highest BCUT2D eigenvalue weighted by Crippen LogP contribution is 2.42. The largest absolute Gasteiger partial charge is 0.317 e. The Bertz CT molecular complexity index is 809. The van der Waals surface area contributed by atoms with Crippen molar-refractivity contribution in [2.75, 3.05) is 13.1 Å². The molecule has 0 spiro atoms. The molecule has 0 saturated carbocycles. The summed E-state index contributed by atoms with van der Waals surface area (Å²) in [6.07, 6.45) is 0. The Hall–Kier alpha value is -2.25. The Labute approximate surface area is 121 Å². The molecule has 0 amide bonds. The molecule has 0 N–H and O–H groups in total. The molecule has 3 nitrogen and oxygen atoms in total. The van der Waals surface area contributed by atoms with Gasteiger partial charge in [0.1, 0.15) is 11.0 Å². The first-order chi connectivity index (χ1) is 9.88. The lowest BCUT2D eigenvalue weighted by atomic mass is 10.0. The summed E-state index contributed by atoms with van der Waals surface area (Å²) < 4.78 is 0. The summed E-state index contributed by atoms with van der Waals surface area (Å²) in [4.78, 5) is 7.39. The van der Waals surface area contributed by atoms with E-state index >= 15 is 0 Å². The average molecular weight is 277 g/mol. The minimum Gasteiger partial charge on any atom is -0.317 e. The summed E-state index contributed by atoms with van der Waals surface area (Å²) in [6.45, 7) is 1.68. The molecule has 4 heteroatoms. The number of nitrogens with zero attached hydrogens (tertiary/aromatic N) is 3. The van der Waals surface area contributed by atoms with Gasteiger partial charge in [-0.1, -0.05) is 42.5 Å². The normalized spacial score (nSPS) is 17.4. The summed E-state index contributed by atoms with van der Waals surface area (Å²) in [5, 5.41) is 12.8. The van der Waals surface area contributed by atoms with Crippen LogP contribution in [0.15, 0.2) is 52.4 Å². The Morgan fingerprint density at radius 1 is 1.15 bits per heavy atom. The van der Waals surface area contributed by atoms with Crippen LogP contribution in [0.1, 0.15) is 5.56 Å². The van der Waals surface area contributed by atoms with Crippen LogP contribution in [0, 0.1) is 11.3 Å². The van der Waals surface area contributed by atoms with Crippen LogP contribution in [0.4, 0.5) is 0 Å². The molecule has 2 heterocycles. The van der Waals surface area contributed by atoms with E-state index in [0.29, 0.717) is 0 Å². The Balaban J connectivity index is 1.99. The van der Waals surface area contributed by atoms with E-state index in [2.05, 4.69) is 46.3 Å². The molecular formula is C16H11N3S. The van der Waals surface area contributed by atoms with Crippen molar-refractivity contribution in [3.63, 3.8) is 0 Å². The fourth-order valence-corrected chi connectivity index (χ4v) is 3.75. The topological polar surface area (TPSA) is 39.4 Å². The number of fused-ring (bicyclic) bond motifs is 2. The predicted molar refractivity (Wildman–Crippen MR) is 83.1 cm³/mol. The van der Waals surface area contributed by atoms with Crippen molar-refractivity contribution >= 4 is 33.4 Å². The molecule has 0 fully saturated rings. The quantitative estimate of drug-likeness (QED) is 0.801. The molecule has 0 saturated heterocycles. The standard InChI is InChI=1S/C16H11N3S/c17-10-14-15(19-9-8-18-16(19)20-14)13-7-3-5-11-4-1-2-6-12(11)13/h1-7H,8-9H2. The molecule has 0 unspecified atom stereocenters. The zero-order valence-electron chi connectivity index (χ0n) is 10.7. The number of amidine groups is 1. The van der Waals surface area contributed by atoms with Crippen LogP contribution in [0.25, 0.3) is 16.5 Å². The molecule has 2 aromatic carbocycles. The molecule has 0 radical (unpaired) electrons. The van der Waals surface area contributed by atoms with Crippen LogP contribution < -0.4 is 0 Å². The number of allylic oxidation sites excluding steroid dienone is 1. The van der Waals surface area contributed by atoms with Gasteiger partial charge in [0.05, 0.1) is 12.2 Å². The fraction of sp³-hybridized carbons (Fsp3) is 0.125. The van der Waals surface area contributed by atoms with Gasteiger partial charge >= 0.3 is 0 Å². The first-order valence-electron chi connectivity index (χ1n) is 6.51. The zero-order chi connectivity index (χ0) is 13.5. The molecule has 0 atom stereocenters. The van der Waals surface area contributed by atoms with Gasteiger partial charge in [-0.3, -0.25) is 4.99 Å². The van der Waals surface area contributed by atoms with E-state index in [4.69, 9.17) is 0 Å². The number of nitriles is 1. The van der Waals surface area contributed by atoms with Gasteiger partial charge in [0.15, 0.2) is 5.17 Å². The van der Waals surface area contributed by atoms with Crippen molar-refractivity contribution < 1.29 is 0 Å². The van der Waals surface area contributed by atoms with E-state index < -0.39 is 0 Å².